The van der Waals surface area contributed by atoms with Crippen LogP contribution in [0.3, 0.4) is 0 Å². The molecule has 140 valence electrons. The summed E-state index contributed by atoms with van der Waals surface area (Å²) in [7, 11) is 1.50. The molecule has 2 N–H and O–H groups in total. The molecule has 1 aliphatic heterocycles. The summed E-state index contributed by atoms with van der Waals surface area (Å²) >= 11 is 0. The summed E-state index contributed by atoms with van der Waals surface area (Å²) in [4.78, 5) is 11.5. The minimum absolute atomic E-state index is 0.129. The number of benzene rings is 1. The fourth-order valence-corrected chi connectivity index (χ4v) is 3.09. The molecular formula is C19H28O6. The predicted molar refractivity (Wildman–Crippen MR) is 91.9 cm³/mol. The fraction of sp³-hybridized carbons (Fsp3) is 0.632. The van der Waals surface area contributed by atoms with Crippen molar-refractivity contribution in [3.63, 3.8) is 0 Å². The summed E-state index contributed by atoms with van der Waals surface area (Å²) in [6.07, 6.45) is -0.767. The van der Waals surface area contributed by atoms with Crippen molar-refractivity contribution in [2.75, 3.05) is 13.7 Å². The van der Waals surface area contributed by atoms with Crippen molar-refractivity contribution in [3.05, 3.63) is 35.9 Å². The van der Waals surface area contributed by atoms with Gasteiger partial charge in [0, 0.05) is 25.9 Å². The van der Waals surface area contributed by atoms with Gasteiger partial charge >= 0.3 is 5.97 Å². The molecule has 0 bridgehead atoms. The molecule has 1 heterocycles. The fourth-order valence-electron chi connectivity index (χ4n) is 3.09. The van der Waals surface area contributed by atoms with Gasteiger partial charge in [-0.3, -0.25) is 4.79 Å². The second kappa shape index (κ2) is 8.76. The third-order valence-corrected chi connectivity index (χ3v) is 4.81. The van der Waals surface area contributed by atoms with E-state index < -0.39 is 29.9 Å². The summed E-state index contributed by atoms with van der Waals surface area (Å²) in [5.41, 5.74) is 1.07. The number of methoxy groups -OCH3 is 1. The van der Waals surface area contributed by atoms with Crippen LogP contribution >= 0.6 is 0 Å². The molecule has 1 saturated heterocycles. The van der Waals surface area contributed by atoms with Crippen molar-refractivity contribution >= 4 is 5.97 Å². The van der Waals surface area contributed by atoms with Crippen LogP contribution in [0.5, 0.6) is 0 Å². The number of aliphatic hydroxyl groups excluding tert-OH is 1. The van der Waals surface area contributed by atoms with Crippen molar-refractivity contribution in [3.8, 4) is 0 Å². The largest absolute Gasteiger partial charge is 0.481 e. The predicted octanol–water partition coefficient (Wildman–Crippen LogP) is 2.44. The van der Waals surface area contributed by atoms with E-state index in [0.29, 0.717) is 13.2 Å². The summed E-state index contributed by atoms with van der Waals surface area (Å²) < 4.78 is 16.7. The van der Waals surface area contributed by atoms with Crippen molar-refractivity contribution in [1.82, 2.24) is 0 Å². The van der Waals surface area contributed by atoms with E-state index in [1.165, 1.54) is 7.11 Å². The van der Waals surface area contributed by atoms with Gasteiger partial charge in [0.2, 0.25) is 0 Å². The van der Waals surface area contributed by atoms with Gasteiger partial charge in [-0.05, 0) is 12.5 Å². The van der Waals surface area contributed by atoms with Crippen LogP contribution in [0.1, 0.15) is 32.3 Å². The lowest BCUT2D eigenvalue weighted by molar-refractivity contribution is -0.203. The Morgan fingerprint density at radius 1 is 1.40 bits per heavy atom. The normalized spacial score (nSPS) is 28.6. The minimum Gasteiger partial charge on any atom is -0.481 e. The SMILES string of the molecule is COC1(C)C[C@@H](C(=O)O)[C@@H](C[C@@H](O)[C@@H](C)COCc2ccccc2)O1. The zero-order valence-corrected chi connectivity index (χ0v) is 15.1. The van der Waals surface area contributed by atoms with E-state index in [0.717, 1.165) is 5.56 Å². The van der Waals surface area contributed by atoms with Crippen LogP contribution in [0.4, 0.5) is 0 Å². The van der Waals surface area contributed by atoms with Gasteiger partial charge < -0.3 is 24.4 Å². The van der Waals surface area contributed by atoms with Gasteiger partial charge in [0.1, 0.15) is 0 Å². The van der Waals surface area contributed by atoms with E-state index >= 15 is 0 Å². The third-order valence-electron chi connectivity index (χ3n) is 4.81. The first-order chi connectivity index (χ1) is 11.8. The van der Waals surface area contributed by atoms with Gasteiger partial charge in [-0.25, -0.2) is 0 Å². The maximum Gasteiger partial charge on any atom is 0.309 e. The quantitative estimate of drug-likeness (QED) is 0.710. The third kappa shape index (κ3) is 5.51. The van der Waals surface area contributed by atoms with Crippen molar-refractivity contribution in [2.45, 2.75) is 51.3 Å². The molecule has 6 heteroatoms. The maximum absolute atomic E-state index is 11.5. The highest BCUT2D eigenvalue weighted by Crippen LogP contribution is 2.38. The van der Waals surface area contributed by atoms with Gasteiger partial charge in [-0.2, -0.15) is 0 Å². The Hall–Kier alpha value is -1.47. The first kappa shape index (κ1) is 19.8. The number of carbonyl (C=O) groups is 1. The molecule has 25 heavy (non-hydrogen) atoms. The molecule has 1 aromatic rings. The van der Waals surface area contributed by atoms with Crippen LogP contribution in [0, 0.1) is 11.8 Å². The number of hydrogen-bond donors (Lipinski definition) is 2. The first-order valence-corrected chi connectivity index (χ1v) is 8.60. The number of carboxylic acids is 1. The average molecular weight is 352 g/mol. The molecule has 5 atom stereocenters. The maximum atomic E-state index is 11.5. The van der Waals surface area contributed by atoms with Gasteiger partial charge in [-0.1, -0.05) is 37.3 Å². The molecular weight excluding hydrogens is 324 g/mol. The van der Waals surface area contributed by atoms with Crippen molar-refractivity contribution in [1.29, 1.82) is 0 Å². The second-order valence-corrected chi connectivity index (χ2v) is 6.92. The number of carboxylic acid groups (broad SMARTS) is 1. The molecule has 0 radical (unpaired) electrons. The minimum atomic E-state index is -0.925. The Morgan fingerprint density at radius 2 is 2.08 bits per heavy atom. The smallest absolute Gasteiger partial charge is 0.309 e. The molecule has 1 aliphatic rings. The molecule has 0 spiro atoms. The van der Waals surface area contributed by atoms with E-state index in [1.807, 2.05) is 37.3 Å². The number of aliphatic hydroxyl groups is 1. The van der Waals surface area contributed by atoms with E-state index in [1.54, 1.807) is 6.92 Å². The van der Waals surface area contributed by atoms with Crippen LogP contribution in [0.2, 0.25) is 0 Å². The standard InChI is InChI=1S/C19H28O6/c1-13(11-24-12-14-7-5-4-6-8-14)16(20)9-17-15(18(21)22)10-19(2,23-3)25-17/h4-8,13,15-17,20H,9-12H2,1-3H3,(H,21,22)/t13-,15+,16+,17+,19?/m0/s1. The molecule has 0 aromatic heterocycles. The molecule has 6 nitrogen and oxygen atoms in total. The Morgan fingerprint density at radius 3 is 2.68 bits per heavy atom. The van der Waals surface area contributed by atoms with E-state index in [9.17, 15) is 15.0 Å². The summed E-state index contributed by atoms with van der Waals surface area (Å²) in [5, 5.41) is 19.8. The van der Waals surface area contributed by atoms with E-state index in [2.05, 4.69) is 0 Å². The first-order valence-electron chi connectivity index (χ1n) is 8.60. The highest BCUT2D eigenvalue weighted by atomic mass is 16.7. The topological polar surface area (TPSA) is 85.2 Å². The molecule has 0 saturated carbocycles. The van der Waals surface area contributed by atoms with E-state index in [-0.39, 0.29) is 18.8 Å². The van der Waals surface area contributed by atoms with Crippen LogP contribution < -0.4 is 0 Å². The second-order valence-electron chi connectivity index (χ2n) is 6.92. The number of ether oxygens (including phenoxy) is 3. The van der Waals surface area contributed by atoms with Crippen LogP contribution in [0.15, 0.2) is 30.3 Å². The molecule has 0 amide bonds. The summed E-state index contributed by atoms with van der Waals surface area (Å²) in [6, 6.07) is 9.82. The van der Waals surface area contributed by atoms with Crippen molar-refractivity contribution < 1.29 is 29.2 Å². The Bertz CT molecular complexity index is 548. The molecule has 1 fully saturated rings. The lowest BCUT2D eigenvalue weighted by atomic mass is 9.91. The Labute approximate surface area is 148 Å². The van der Waals surface area contributed by atoms with E-state index in [4.69, 9.17) is 14.2 Å². The average Bonchev–Trinajstić information content (AvgIpc) is 2.93. The molecule has 1 unspecified atom stereocenters. The van der Waals surface area contributed by atoms with Crippen molar-refractivity contribution in [2.24, 2.45) is 11.8 Å². The van der Waals surface area contributed by atoms with Gasteiger partial charge in [0.05, 0.1) is 31.3 Å². The number of aliphatic carboxylic acids is 1. The molecule has 2 rings (SSSR count). The van der Waals surface area contributed by atoms with Crippen LogP contribution in [0.25, 0.3) is 0 Å². The van der Waals surface area contributed by atoms with Gasteiger partial charge in [0.15, 0.2) is 5.79 Å². The zero-order valence-electron chi connectivity index (χ0n) is 15.1. The van der Waals surface area contributed by atoms with Gasteiger partial charge in [0.25, 0.3) is 0 Å². The lowest BCUT2D eigenvalue weighted by Crippen LogP contribution is -2.33. The molecule has 0 aliphatic carbocycles. The monoisotopic (exact) mass is 352 g/mol. The highest BCUT2D eigenvalue weighted by molar-refractivity contribution is 5.71. The zero-order chi connectivity index (χ0) is 18.4. The number of rotatable bonds is 9. The van der Waals surface area contributed by atoms with Gasteiger partial charge in [-0.15, -0.1) is 0 Å². The van der Waals surface area contributed by atoms with Crippen LogP contribution in [-0.4, -0.2) is 47.9 Å². The summed E-state index contributed by atoms with van der Waals surface area (Å²) in [6.45, 7) is 4.48. The Kier molecular flexibility index (Phi) is 6.95. The number of hydrogen-bond acceptors (Lipinski definition) is 5. The summed E-state index contributed by atoms with van der Waals surface area (Å²) in [5.74, 6) is -2.65. The lowest BCUT2D eigenvalue weighted by Gasteiger charge is -2.26. The highest BCUT2D eigenvalue weighted by Gasteiger charge is 2.47. The Balaban J connectivity index is 1.83. The molecule has 1 aromatic carbocycles. The van der Waals surface area contributed by atoms with Crippen LogP contribution in [-0.2, 0) is 25.6 Å².